The summed E-state index contributed by atoms with van der Waals surface area (Å²) in [5.74, 6) is -1.64. The number of aryl methyl sites for hydroxylation is 1. The smallest absolute Gasteiger partial charge is 0.416 e. The normalized spacial score (nSPS) is 14.2. The van der Waals surface area contributed by atoms with Gasteiger partial charge in [0.1, 0.15) is 12.2 Å². The maximum Gasteiger partial charge on any atom is 0.416 e. The minimum absolute atomic E-state index is 0.00572. The average Bonchev–Trinajstić information content (AvgIpc) is 3.35. The van der Waals surface area contributed by atoms with Crippen molar-refractivity contribution in [3.8, 4) is 0 Å². The van der Waals surface area contributed by atoms with Gasteiger partial charge in [-0.3, -0.25) is 9.59 Å². The number of nitrogens with zero attached hydrogens (tertiary/aromatic N) is 1. The van der Waals surface area contributed by atoms with Gasteiger partial charge in [0.05, 0.1) is 17.4 Å². The minimum Gasteiger partial charge on any atom is -0.481 e. The Labute approximate surface area is 153 Å². The van der Waals surface area contributed by atoms with Crippen molar-refractivity contribution in [2.45, 2.75) is 44.9 Å². The Balaban J connectivity index is 1.94. The molecule has 1 N–H and O–H groups in total. The molecule has 1 aromatic heterocycles. The van der Waals surface area contributed by atoms with Crippen molar-refractivity contribution in [2.24, 2.45) is 0 Å². The molecule has 1 fully saturated rings. The van der Waals surface area contributed by atoms with Gasteiger partial charge in [-0.15, -0.1) is 0 Å². The summed E-state index contributed by atoms with van der Waals surface area (Å²) in [6.45, 7) is 1.41. The molecule has 2 aromatic rings. The summed E-state index contributed by atoms with van der Waals surface area (Å²) in [5, 5.41) is 8.99. The molecule has 1 heterocycles. The SMILES string of the molecule is Cc1coc(CC(=O)O)c1C(=O)N(Cc1ccccc1C(F)(F)F)C1CC1. The lowest BCUT2D eigenvalue weighted by atomic mass is 10.0. The van der Waals surface area contributed by atoms with Crippen LogP contribution < -0.4 is 0 Å². The van der Waals surface area contributed by atoms with Crippen molar-refractivity contribution in [3.05, 3.63) is 58.5 Å². The molecule has 0 unspecified atom stereocenters. The van der Waals surface area contributed by atoms with Crippen molar-refractivity contribution in [2.75, 3.05) is 0 Å². The Kier molecular flexibility index (Phi) is 4.99. The molecule has 1 aliphatic rings. The first-order valence-corrected chi connectivity index (χ1v) is 8.43. The molecule has 0 aliphatic heterocycles. The number of rotatable bonds is 6. The fourth-order valence-electron chi connectivity index (χ4n) is 3.07. The van der Waals surface area contributed by atoms with E-state index in [9.17, 15) is 22.8 Å². The van der Waals surface area contributed by atoms with Gasteiger partial charge in [-0.05, 0) is 31.4 Å². The van der Waals surface area contributed by atoms with E-state index in [4.69, 9.17) is 9.52 Å². The van der Waals surface area contributed by atoms with E-state index in [1.807, 2.05) is 0 Å². The van der Waals surface area contributed by atoms with Gasteiger partial charge in [-0.1, -0.05) is 18.2 Å². The number of halogens is 3. The summed E-state index contributed by atoms with van der Waals surface area (Å²) in [6, 6.07) is 4.99. The van der Waals surface area contributed by atoms with E-state index in [1.54, 1.807) is 6.92 Å². The largest absolute Gasteiger partial charge is 0.481 e. The summed E-state index contributed by atoms with van der Waals surface area (Å²) < 4.78 is 45.0. The molecule has 8 heteroatoms. The Hall–Kier alpha value is -2.77. The molecule has 0 spiro atoms. The number of carboxylic acid groups (broad SMARTS) is 1. The monoisotopic (exact) mass is 381 g/mol. The highest BCUT2D eigenvalue weighted by molar-refractivity contribution is 5.97. The van der Waals surface area contributed by atoms with Crippen LogP contribution in [0.1, 0.15) is 45.7 Å². The first-order valence-electron chi connectivity index (χ1n) is 8.43. The van der Waals surface area contributed by atoms with Gasteiger partial charge in [-0.25, -0.2) is 0 Å². The lowest BCUT2D eigenvalue weighted by Crippen LogP contribution is -2.34. The molecule has 0 radical (unpaired) electrons. The number of amides is 1. The Morgan fingerprint density at radius 3 is 2.52 bits per heavy atom. The van der Waals surface area contributed by atoms with Crippen LogP contribution >= 0.6 is 0 Å². The molecule has 1 saturated carbocycles. The van der Waals surface area contributed by atoms with Crippen LogP contribution in [0.15, 0.2) is 34.9 Å². The van der Waals surface area contributed by atoms with Crippen LogP contribution in [0.25, 0.3) is 0 Å². The number of hydrogen-bond acceptors (Lipinski definition) is 3. The van der Waals surface area contributed by atoms with E-state index in [1.165, 1.54) is 29.4 Å². The Bertz CT molecular complexity index is 868. The van der Waals surface area contributed by atoms with Crippen molar-refractivity contribution in [3.63, 3.8) is 0 Å². The second kappa shape index (κ2) is 7.09. The van der Waals surface area contributed by atoms with Gasteiger partial charge >= 0.3 is 12.1 Å². The number of aliphatic carboxylic acids is 1. The van der Waals surface area contributed by atoms with E-state index >= 15 is 0 Å². The van der Waals surface area contributed by atoms with E-state index in [2.05, 4.69) is 0 Å². The summed E-state index contributed by atoms with van der Waals surface area (Å²) in [6.07, 6.45) is -2.29. The molecule has 1 amide bonds. The molecule has 0 bridgehead atoms. The first-order chi connectivity index (χ1) is 12.7. The maximum absolute atomic E-state index is 13.3. The second-order valence-corrected chi connectivity index (χ2v) is 6.61. The lowest BCUT2D eigenvalue weighted by Gasteiger charge is -2.24. The fraction of sp³-hybridized carbons (Fsp3) is 0.368. The van der Waals surface area contributed by atoms with Crippen LogP contribution in [0.5, 0.6) is 0 Å². The quantitative estimate of drug-likeness (QED) is 0.820. The van der Waals surface area contributed by atoms with Gasteiger partial charge in [0.2, 0.25) is 0 Å². The summed E-state index contributed by atoms with van der Waals surface area (Å²) >= 11 is 0. The van der Waals surface area contributed by atoms with Crippen LogP contribution in [0.4, 0.5) is 13.2 Å². The van der Waals surface area contributed by atoms with Crippen LogP contribution in [-0.4, -0.2) is 27.9 Å². The van der Waals surface area contributed by atoms with Gasteiger partial charge < -0.3 is 14.4 Å². The predicted octanol–water partition coefficient (Wildman–Crippen LogP) is 4.04. The maximum atomic E-state index is 13.3. The van der Waals surface area contributed by atoms with Crippen molar-refractivity contribution < 1.29 is 32.3 Å². The van der Waals surface area contributed by atoms with Crippen LogP contribution in [0.2, 0.25) is 0 Å². The lowest BCUT2D eigenvalue weighted by molar-refractivity contribution is -0.138. The number of furan rings is 1. The number of carbonyl (C=O) groups is 2. The average molecular weight is 381 g/mol. The molecule has 5 nitrogen and oxygen atoms in total. The van der Waals surface area contributed by atoms with Crippen molar-refractivity contribution in [1.82, 2.24) is 4.90 Å². The molecule has 1 aromatic carbocycles. The van der Waals surface area contributed by atoms with Gasteiger partial charge in [0.25, 0.3) is 5.91 Å². The molecule has 0 saturated heterocycles. The first kappa shape index (κ1) is 19.0. The zero-order valence-corrected chi connectivity index (χ0v) is 14.5. The van der Waals surface area contributed by atoms with Crippen LogP contribution in [0, 0.1) is 6.92 Å². The highest BCUT2D eigenvalue weighted by Crippen LogP contribution is 2.36. The Morgan fingerprint density at radius 1 is 1.26 bits per heavy atom. The molecular weight excluding hydrogens is 363 g/mol. The molecule has 3 rings (SSSR count). The van der Waals surface area contributed by atoms with Crippen molar-refractivity contribution in [1.29, 1.82) is 0 Å². The molecular formula is C19H18F3NO4. The molecule has 1 aliphatic carbocycles. The van der Waals surface area contributed by atoms with Crippen LogP contribution in [-0.2, 0) is 23.9 Å². The predicted molar refractivity (Wildman–Crippen MR) is 89.1 cm³/mol. The molecule has 0 atom stereocenters. The topological polar surface area (TPSA) is 70.7 Å². The van der Waals surface area contributed by atoms with E-state index in [-0.39, 0.29) is 29.5 Å². The number of carbonyl (C=O) groups excluding carboxylic acids is 1. The van der Waals surface area contributed by atoms with E-state index in [0.717, 1.165) is 6.07 Å². The standard InChI is InChI=1S/C19H18F3NO4/c1-11-10-27-15(8-16(24)25)17(11)18(26)23(13-6-7-13)9-12-4-2-3-5-14(12)19(20,21)22/h2-5,10,13H,6-9H2,1H3,(H,24,25). The molecule has 144 valence electrons. The molecule has 27 heavy (non-hydrogen) atoms. The highest BCUT2D eigenvalue weighted by atomic mass is 19.4. The summed E-state index contributed by atoms with van der Waals surface area (Å²) in [4.78, 5) is 25.5. The summed E-state index contributed by atoms with van der Waals surface area (Å²) in [5.41, 5.74) is -0.191. The zero-order chi connectivity index (χ0) is 19.8. The third-order valence-corrected chi connectivity index (χ3v) is 4.49. The minimum atomic E-state index is -4.52. The fourth-order valence-corrected chi connectivity index (χ4v) is 3.07. The third-order valence-electron chi connectivity index (χ3n) is 4.49. The van der Waals surface area contributed by atoms with E-state index < -0.39 is 30.0 Å². The number of benzene rings is 1. The van der Waals surface area contributed by atoms with E-state index in [0.29, 0.717) is 18.4 Å². The number of carboxylic acids is 1. The number of alkyl halides is 3. The number of hydrogen-bond donors (Lipinski definition) is 1. The van der Waals surface area contributed by atoms with Crippen LogP contribution in [0.3, 0.4) is 0 Å². The van der Waals surface area contributed by atoms with Gasteiger partial charge in [-0.2, -0.15) is 13.2 Å². The highest BCUT2D eigenvalue weighted by Gasteiger charge is 2.38. The van der Waals surface area contributed by atoms with Gasteiger partial charge in [0, 0.05) is 18.2 Å². The summed E-state index contributed by atoms with van der Waals surface area (Å²) in [7, 11) is 0. The second-order valence-electron chi connectivity index (χ2n) is 6.61. The van der Waals surface area contributed by atoms with Gasteiger partial charge in [0.15, 0.2) is 0 Å². The Morgan fingerprint density at radius 2 is 1.93 bits per heavy atom. The van der Waals surface area contributed by atoms with Crippen molar-refractivity contribution >= 4 is 11.9 Å². The zero-order valence-electron chi connectivity index (χ0n) is 14.5. The third kappa shape index (κ3) is 4.15.